The van der Waals surface area contributed by atoms with E-state index in [2.05, 4.69) is 42.4 Å². The highest BCUT2D eigenvalue weighted by atomic mass is 32.2. The molecule has 0 unspecified atom stereocenters. The SMILES string of the molecule is COc1cccc(-c2noc(CSc3nnc(Cc4cccs4)n3C3CCCCC3)n2)c1. The lowest BCUT2D eigenvalue weighted by atomic mass is 9.95. The van der Waals surface area contributed by atoms with Crippen LogP contribution in [0.15, 0.2) is 51.5 Å². The zero-order valence-corrected chi connectivity index (χ0v) is 19.6. The first-order valence-corrected chi connectivity index (χ1v) is 12.7. The van der Waals surface area contributed by atoms with Gasteiger partial charge in [0.15, 0.2) is 5.16 Å². The van der Waals surface area contributed by atoms with E-state index in [1.807, 2.05) is 24.3 Å². The number of nitrogens with zero attached hydrogens (tertiary/aromatic N) is 5. The average Bonchev–Trinajstić information content (AvgIpc) is 3.60. The number of methoxy groups -OCH3 is 1. The third-order valence-corrected chi connectivity index (χ3v) is 7.51. The quantitative estimate of drug-likeness (QED) is 0.304. The van der Waals surface area contributed by atoms with Crippen LogP contribution in [0.4, 0.5) is 0 Å². The number of rotatable bonds is 8. The largest absolute Gasteiger partial charge is 0.497 e. The minimum atomic E-state index is 0.464. The number of hydrogen-bond donors (Lipinski definition) is 0. The highest BCUT2D eigenvalue weighted by molar-refractivity contribution is 7.98. The Balaban J connectivity index is 1.34. The van der Waals surface area contributed by atoms with E-state index in [4.69, 9.17) is 9.26 Å². The van der Waals surface area contributed by atoms with Crippen molar-refractivity contribution in [1.29, 1.82) is 0 Å². The summed E-state index contributed by atoms with van der Waals surface area (Å²) < 4.78 is 13.2. The molecule has 1 aliphatic rings. The van der Waals surface area contributed by atoms with E-state index in [1.54, 1.807) is 30.2 Å². The summed E-state index contributed by atoms with van der Waals surface area (Å²) in [6.07, 6.45) is 7.03. The van der Waals surface area contributed by atoms with Gasteiger partial charge < -0.3 is 13.8 Å². The molecule has 0 spiro atoms. The van der Waals surface area contributed by atoms with Crippen molar-refractivity contribution in [2.24, 2.45) is 0 Å². The third kappa shape index (κ3) is 4.73. The van der Waals surface area contributed by atoms with E-state index in [0.717, 1.165) is 28.7 Å². The zero-order valence-electron chi connectivity index (χ0n) is 17.9. The molecule has 0 bridgehead atoms. The van der Waals surface area contributed by atoms with Gasteiger partial charge in [-0.3, -0.25) is 0 Å². The summed E-state index contributed by atoms with van der Waals surface area (Å²) in [6.45, 7) is 0. The first-order chi connectivity index (χ1) is 15.8. The maximum Gasteiger partial charge on any atom is 0.237 e. The summed E-state index contributed by atoms with van der Waals surface area (Å²) in [5.74, 6) is 3.50. The molecule has 0 aliphatic heterocycles. The summed E-state index contributed by atoms with van der Waals surface area (Å²) in [5, 5.41) is 16.3. The van der Waals surface area contributed by atoms with Crippen molar-refractivity contribution in [3.63, 3.8) is 0 Å². The monoisotopic (exact) mass is 467 g/mol. The van der Waals surface area contributed by atoms with Crippen molar-refractivity contribution >= 4 is 23.1 Å². The maximum atomic E-state index is 5.51. The van der Waals surface area contributed by atoms with E-state index in [0.29, 0.717) is 23.5 Å². The third-order valence-electron chi connectivity index (χ3n) is 5.71. The second kappa shape index (κ2) is 9.87. The van der Waals surface area contributed by atoms with Gasteiger partial charge in [-0.05, 0) is 36.4 Å². The molecule has 1 aliphatic carbocycles. The Kier molecular flexibility index (Phi) is 6.54. The van der Waals surface area contributed by atoms with Crippen LogP contribution in [-0.4, -0.2) is 32.0 Å². The minimum Gasteiger partial charge on any atom is -0.497 e. The van der Waals surface area contributed by atoms with Crippen LogP contribution in [0.5, 0.6) is 5.75 Å². The van der Waals surface area contributed by atoms with E-state index < -0.39 is 0 Å². The molecule has 1 saturated carbocycles. The molecule has 0 radical (unpaired) electrons. The first-order valence-electron chi connectivity index (χ1n) is 10.9. The summed E-state index contributed by atoms with van der Waals surface area (Å²) in [4.78, 5) is 5.88. The smallest absolute Gasteiger partial charge is 0.237 e. The Morgan fingerprint density at radius 1 is 1.16 bits per heavy atom. The van der Waals surface area contributed by atoms with Crippen LogP contribution in [0, 0.1) is 0 Å². The second-order valence-corrected chi connectivity index (χ2v) is 9.82. The van der Waals surface area contributed by atoms with Gasteiger partial charge in [-0.1, -0.05) is 54.4 Å². The molecule has 166 valence electrons. The summed E-state index contributed by atoms with van der Waals surface area (Å²) >= 11 is 3.38. The normalized spacial score (nSPS) is 14.7. The number of thioether (sulfide) groups is 1. The van der Waals surface area contributed by atoms with Crippen LogP contribution in [0.25, 0.3) is 11.4 Å². The standard InChI is InChI=1S/C23H25N5O2S2/c1-29-18-10-5-7-16(13-18)22-24-21(30-27-22)15-32-23-26-25-20(14-19-11-6-12-31-19)28(23)17-8-3-2-4-9-17/h5-7,10-13,17H,2-4,8-9,14-15H2,1H3. The first kappa shape index (κ1) is 21.2. The van der Waals surface area contributed by atoms with Crippen LogP contribution in [-0.2, 0) is 12.2 Å². The molecule has 1 aromatic carbocycles. The highest BCUT2D eigenvalue weighted by Gasteiger charge is 2.24. The Morgan fingerprint density at radius 2 is 2.06 bits per heavy atom. The molecule has 5 rings (SSSR count). The fraction of sp³-hybridized carbons (Fsp3) is 0.391. The van der Waals surface area contributed by atoms with Crippen LogP contribution in [0.1, 0.15) is 54.7 Å². The summed E-state index contributed by atoms with van der Waals surface area (Å²) in [6, 6.07) is 12.4. The highest BCUT2D eigenvalue weighted by Crippen LogP contribution is 2.34. The number of aromatic nitrogens is 5. The predicted molar refractivity (Wildman–Crippen MR) is 125 cm³/mol. The number of benzene rings is 1. The van der Waals surface area contributed by atoms with Crippen molar-refractivity contribution in [3.05, 3.63) is 58.4 Å². The van der Waals surface area contributed by atoms with Crippen molar-refractivity contribution in [2.75, 3.05) is 7.11 Å². The Hall–Kier alpha value is -2.65. The molecule has 0 amide bonds. The predicted octanol–water partition coefficient (Wildman–Crippen LogP) is 5.79. The van der Waals surface area contributed by atoms with E-state index in [1.165, 1.54) is 37.0 Å². The Labute approximate surface area is 195 Å². The van der Waals surface area contributed by atoms with Gasteiger partial charge in [0, 0.05) is 22.9 Å². The second-order valence-electron chi connectivity index (χ2n) is 7.85. The molecule has 9 heteroatoms. The minimum absolute atomic E-state index is 0.464. The van der Waals surface area contributed by atoms with Gasteiger partial charge >= 0.3 is 0 Å². The van der Waals surface area contributed by atoms with Crippen molar-refractivity contribution < 1.29 is 9.26 Å². The van der Waals surface area contributed by atoms with Gasteiger partial charge in [-0.25, -0.2) is 0 Å². The van der Waals surface area contributed by atoms with Crippen molar-refractivity contribution in [3.8, 4) is 17.1 Å². The zero-order chi connectivity index (χ0) is 21.8. The molecular formula is C23H25N5O2S2. The molecule has 3 aromatic heterocycles. The van der Waals surface area contributed by atoms with Crippen molar-refractivity contribution in [1.82, 2.24) is 24.9 Å². The lowest BCUT2D eigenvalue weighted by molar-refractivity contribution is 0.330. The summed E-state index contributed by atoms with van der Waals surface area (Å²) in [5.41, 5.74) is 0.868. The van der Waals surface area contributed by atoms with Gasteiger partial charge in [0.05, 0.1) is 12.9 Å². The number of thiophene rings is 1. The Bertz CT molecular complexity index is 1150. The molecule has 0 atom stereocenters. The molecular weight excluding hydrogens is 442 g/mol. The van der Waals surface area contributed by atoms with Gasteiger partial charge in [0.1, 0.15) is 11.6 Å². The van der Waals surface area contributed by atoms with E-state index in [9.17, 15) is 0 Å². The molecule has 3 heterocycles. The van der Waals surface area contributed by atoms with Crippen LogP contribution >= 0.6 is 23.1 Å². The number of hydrogen-bond acceptors (Lipinski definition) is 8. The van der Waals surface area contributed by atoms with Gasteiger partial charge in [0.25, 0.3) is 0 Å². The fourth-order valence-corrected chi connectivity index (χ4v) is 5.68. The van der Waals surface area contributed by atoms with E-state index >= 15 is 0 Å². The fourth-order valence-electron chi connectivity index (χ4n) is 4.12. The maximum absolute atomic E-state index is 5.51. The van der Waals surface area contributed by atoms with Crippen LogP contribution in [0.3, 0.4) is 0 Å². The lowest BCUT2D eigenvalue weighted by Crippen LogP contribution is -2.16. The summed E-state index contributed by atoms with van der Waals surface area (Å²) in [7, 11) is 1.65. The molecule has 0 N–H and O–H groups in total. The molecule has 7 nitrogen and oxygen atoms in total. The molecule has 1 fully saturated rings. The number of ether oxygens (including phenoxy) is 1. The molecule has 32 heavy (non-hydrogen) atoms. The molecule has 4 aromatic rings. The van der Waals surface area contributed by atoms with Gasteiger partial charge in [-0.2, -0.15) is 4.98 Å². The van der Waals surface area contributed by atoms with Crippen LogP contribution < -0.4 is 4.74 Å². The average molecular weight is 468 g/mol. The lowest BCUT2D eigenvalue weighted by Gasteiger charge is -2.25. The van der Waals surface area contributed by atoms with E-state index in [-0.39, 0.29) is 0 Å². The Morgan fingerprint density at radius 3 is 2.88 bits per heavy atom. The molecule has 0 saturated heterocycles. The van der Waals surface area contributed by atoms with Crippen molar-refractivity contribution in [2.45, 2.75) is 55.5 Å². The topological polar surface area (TPSA) is 78.9 Å². The van der Waals surface area contributed by atoms with Gasteiger partial charge in [-0.15, -0.1) is 21.5 Å². The van der Waals surface area contributed by atoms with Crippen LogP contribution in [0.2, 0.25) is 0 Å². The van der Waals surface area contributed by atoms with Gasteiger partial charge in [0.2, 0.25) is 11.7 Å².